The van der Waals surface area contributed by atoms with E-state index in [9.17, 15) is 5.11 Å². The molecule has 0 amide bonds. The topological polar surface area (TPSA) is 60.0 Å². The Bertz CT molecular complexity index is 709. The summed E-state index contributed by atoms with van der Waals surface area (Å²) in [6, 6.07) is 16.3. The molecule has 1 aliphatic carbocycles. The van der Waals surface area contributed by atoms with E-state index in [4.69, 9.17) is 14.2 Å². The maximum absolute atomic E-state index is 10.6. The fourth-order valence-electron chi connectivity index (χ4n) is 4.15. The summed E-state index contributed by atoms with van der Waals surface area (Å²) in [5.74, 6) is 2.31. The Hall–Kier alpha value is -2.24. The average molecular weight is 400 g/mol. The number of ether oxygens (including phenoxy) is 3. The van der Waals surface area contributed by atoms with Gasteiger partial charge >= 0.3 is 0 Å². The van der Waals surface area contributed by atoms with Crippen LogP contribution in [0.4, 0.5) is 0 Å². The van der Waals surface area contributed by atoms with Crippen LogP contribution < -0.4 is 19.5 Å². The lowest BCUT2D eigenvalue weighted by Gasteiger charge is -2.32. The standard InChI is InChI=1S/C24H33NO4/c1-27-21-14-9-15-22(28-2)24(21)29-17-20(26)16-25-23(18-10-5-3-6-11-18)19-12-7-4-8-13-19/h3,5-6,9-11,14-15,19-20,23,25-26H,4,7-8,12-13,16-17H2,1-2H3/t20-,23-/m1/s1. The first kappa shape index (κ1) is 21.5. The Morgan fingerprint density at radius 3 is 2.21 bits per heavy atom. The Morgan fingerprint density at radius 1 is 0.931 bits per heavy atom. The van der Waals surface area contributed by atoms with Crippen molar-refractivity contribution >= 4 is 0 Å². The van der Waals surface area contributed by atoms with Gasteiger partial charge in [0.05, 0.1) is 14.2 Å². The third-order valence-electron chi connectivity index (χ3n) is 5.66. The molecule has 5 nitrogen and oxygen atoms in total. The van der Waals surface area contributed by atoms with Crippen molar-refractivity contribution < 1.29 is 19.3 Å². The lowest BCUT2D eigenvalue weighted by molar-refractivity contribution is 0.0958. The summed E-state index contributed by atoms with van der Waals surface area (Å²) < 4.78 is 16.6. The molecule has 0 heterocycles. The molecule has 0 aliphatic heterocycles. The van der Waals surface area contributed by atoms with Crippen LogP contribution in [0, 0.1) is 5.92 Å². The molecule has 29 heavy (non-hydrogen) atoms. The average Bonchev–Trinajstić information content (AvgIpc) is 2.79. The van der Waals surface area contributed by atoms with Gasteiger partial charge in [0, 0.05) is 12.6 Å². The molecule has 3 rings (SSSR count). The van der Waals surface area contributed by atoms with E-state index < -0.39 is 6.10 Å². The molecule has 0 radical (unpaired) electrons. The molecule has 1 saturated carbocycles. The van der Waals surface area contributed by atoms with Gasteiger partial charge in [-0.05, 0) is 36.5 Å². The summed E-state index contributed by atoms with van der Waals surface area (Å²) in [6.07, 6.45) is 5.73. The predicted octanol–water partition coefficient (Wildman–Crippen LogP) is 4.35. The maximum Gasteiger partial charge on any atom is 0.203 e. The molecule has 1 fully saturated rings. The quantitative estimate of drug-likeness (QED) is 0.622. The fraction of sp³-hybridized carbons (Fsp3) is 0.500. The van der Waals surface area contributed by atoms with Gasteiger partial charge in [0.2, 0.25) is 5.75 Å². The van der Waals surface area contributed by atoms with Crippen molar-refractivity contribution in [3.8, 4) is 17.2 Å². The van der Waals surface area contributed by atoms with Crippen LogP contribution in [0.25, 0.3) is 0 Å². The molecule has 0 unspecified atom stereocenters. The third kappa shape index (κ3) is 5.87. The molecule has 0 saturated heterocycles. The van der Waals surface area contributed by atoms with Gasteiger partial charge in [-0.15, -0.1) is 0 Å². The van der Waals surface area contributed by atoms with Crippen molar-refractivity contribution in [2.75, 3.05) is 27.4 Å². The highest BCUT2D eigenvalue weighted by molar-refractivity contribution is 5.51. The van der Waals surface area contributed by atoms with Crippen LogP contribution in [0.2, 0.25) is 0 Å². The van der Waals surface area contributed by atoms with E-state index in [1.807, 2.05) is 24.3 Å². The van der Waals surface area contributed by atoms with Gasteiger partial charge in [0.1, 0.15) is 12.7 Å². The summed E-state index contributed by atoms with van der Waals surface area (Å²) in [5.41, 5.74) is 1.29. The molecule has 2 aromatic carbocycles. The number of hydrogen-bond donors (Lipinski definition) is 2. The Balaban J connectivity index is 1.60. The smallest absolute Gasteiger partial charge is 0.203 e. The highest BCUT2D eigenvalue weighted by atomic mass is 16.5. The lowest BCUT2D eigenvalue weighted by Crippen LogP contribution is -2.37. The number of rotatable bonds is 10. The second kappa shape index (κ2) is 11.1. The number of nitrogens with one attached hydrogen (secondary N) is 1. The van der Waals surface area contributed by atoms with Crippen LogP contribution in [0.1, 0.15) is 43.7 Å². The number of methoxy groups -OCH3 is 2. The summed E-state index contributed by atoms with van der Waals surface area (Å²) >= 11 is 0. The molecule has 2 N–H and O–H groups in total. The maximum atomic E-state index is 10.6. The molecule has 0 bridgehead atoms. The molecular formula is C24H33NO4. The van der Waals surface area contributed by atoms with Crippen molar-refractivity contribution in [1.29, 1.82) is 0 Å². The van der Waals surface area contributed by atoms with Gasteiger partial charge < -0.3 is 24.6 Å². The zero-order chi connectivity index (χ0) is 20.5. The van der Waals surface area contributed by atoms with Crippen LogP contribution in [-0.4, -0.2) is 38.6 Å². The second-order valence-corrected chi connectivity index (χ2v) is 7.65. The van der Waals surface area contributed by atoms with Gasteiger partial charge in [0.25, 0.3) is 0 Å². The Morgan fingerprint density at radius 2 is 1.59 bits per heavy atom. The van der Waals surface area contributed by atoms with Crippen molar-refractivity contribution in [2.45, 2.75) is 44.2 Å². The minimum Gasteiger partial charge on any atom is -0.493 e. The van der Waals surface area contributed by atoms with E-state index in [0.717, 1.165) is 0 Å². The van der Waals surface area contributed by atoms with Crippen LogP contribution >= 0.6 is 0 Å². The number of benzene rings is 2. The summed E-state index contributed by atoms with van der Waals surface area (Å²) in [5, 5.41) is 14.2. The number of aliphatic hydroxyl groups is 1. The highest BCUT2D eigenvalue weighted by Crippen LogP contribution is 2.37. The summed E-state index contributed by atoms with van der Waals surface area (Å²) in [6.45, 7) is 0.628. The third-order valence-corrected chi connectivity index (χ3v) is 5.66. The van der Waals surface area contributed by atoms with Crippen LogP contribution in [0.3, 0.4) is 0 Å². The molecule has 2 atom stereocenters. The van der Waals surface area contributed by atoms with Crippen molar-refractivity contribution in [3.63, 3.8) is 0 Å². The molecule has 5 heteroatoms. The molecular weight excluding hydrogens is 366 g/mol. The lowest BCUT2D eigenvalue weighted by atomic mass is 9.81. The van der Waals surface area contributed by atoms with Gasteiger partial charge in [-0.3, -0.25) is 0 Å². The van der Waals surface area contributed by atoms with Gasteiger partial charge in [-0.2, -0.15) is 0 Å². The fourth-order valence-corrected chi connectivity index (χ4v) is 4.15. The first-order valence-electron chi connectivity index (χ1n) is 10.5. The van der Waals surface area contributed by atoms with Crippen LogP contribution in [-0.2, 0) is 0 Å². The summed E-state index contributed by atoms with van der Waals surface area (Å²) in [4.78, 5) is 0. The second-order valence-electron chi connectivity index (χ2n) is 7.65. The Labute approximate surface area is 174 Å². The van der Waals surface area contributed by atoms with Crippen LogP contribution in [0.15, 0.2) is 48.5 Å². The minimum absolute atomic E-state index is 0.163. The minimum atomic E-state index is -0.639. The van der Waals surface area contributed by atoms with E-state index in [1.54, 1.807) is 14.2 Å². The van der Waals surface area contributed by atoms with Crippen molar-refractivity contribution in [1.82, 2.24) is 5.32 Å². The van der Waals surface area contributed by atoms with E-state index in [1.165, 1.54) is 37.7 Å². The summed E-state index contributed by atoms with van der Waals surface area (Å²) in [7, 11) is 3.18. The van der Waals surface area contributed by atoms with E-state index in [2.05, 4.69) is 29.6 Å². The monoisotopic (exact) mass is 399 g/mol. The van der Waals surface area contributed by atoms with E-state index >= 15 is 0 Å². The molecule has 2 aromatic rings. The largest absolute Gasteiger partial charge is 0.493 e. The molecule has 1 aliphatic rings. The van der Waals surface area contributed by atoms with E-state index in [-0.39, 0.29) is 12.6 Å². The first-order valence-corrected chi connectivity index (χ1v) is 10.5. The van der Waals surface area contributed by atoms with Crippen LogP contribution in [0.5, 0.6) is 17.2 Å². The zero-order valence-corrected chi connectivity index (χ0v) is 17.5. The van der Waals surface area contributed by atoms with Crippen molar-refractivity contribution in [3.05, 3.63) is 54.1 Å². The SMILES string of the molecule is COc1cccc(OC)c1OC[C@H](O)CN[C@H](c1ccccc1)C1CCCCC1. The molecule has 0 spiro atoms. The number of para-hydroxylation sites is 1. The van der Waals surface area contributed by atoms with E-state index in [0.29, 0.717) is 29.7 Å². The Kier molecular flexibility index (Phi) is 8.20. The first-order chi connectivity index (χ1) is 14.2. The predicted molar refractivity (Wildman–Crippen MR) is 115 cm³/mol. The highest BCUT2D eigenvalue weighted by Gasteiger charge is 2.25. The number of aliphatic hydroxyl groups excluding tert-OH is 1. The van der Waals surface area contributed by atoms with Gasteiger partial charge in [0.15, 0.2) is 11.5 Å². The number of hydrogen-bond acceptors (Lipinski definition) is 5. The van der Waals surface area contributed by atoms with Crippen molar-refractivity contribution in [2.24, 2.45) is 5.92 Å². The normalized spacial score (nSPS) is 16.8. The molecule has 158 valence electrons. The van der Waals surface area contributed by atoms with Gasteiger partial charge in [-0.25, -0.2) is 0 Å². The molecule has 0 aromatic heterocycles. The zero-order valence-electron chi connectivity index (χ0n) is 17.5. The van der Waals surface area contributed by atoms with Gasteiger partial charge in [-0.1, -0.05) is 55.7 Å².